The second-order valence-corrected chi connectivity index (χ2v) is 7.04. The van der Waals surface area contributed by atoms with Gasteiger partial charge in [-0.05, 0) is 49.8 Å². The predicted octanol–water partition coefficient (Wildman–Crippen LogP) is 3.49. The fourth-order valence-corrected chi connectivity index (χ4v) is 4.06. The lowest BCUT2D eigenvalue weighted by Crippen LogP contribution is -2.29. The number of rotatable bonds is 6. The number of hydrogen-bond acceptors (Lipinski definition) is 3. The Balaban J connectivity index is 1.93. The van der Waals surface area contributed by atoms with Crippen LogP contribution in [0.25, 0.3) is 0 Å². The Labute approximate surface area is 125 Å². The molecule has 1 N–H and O–H groups in total. The van der Waals surface area contributed by atoms with Crippen LogP contribution in [0.15, 0.2) is 24.3 Å². The van der Waals surface area contributed by atoms with Gasteiger partial charge in [-0.15, -0.1) is 0 Å². The fraction of sp³-hybridized carbons (Fsp3) is 0.562. The Kier molecular flexibility index (Phi) is 5.49. The first-order valence-corrected chi connectivity index (χ1v) is 8.29. The highest BCUT2D eigenvalue weighted by Gasteiger charge is 2.27. The normalized spacial score (nSPS) is 22.4. The van der Waals surface area contributed by atoms with E-state index in [2.05, 4.69) is 30.6 Å². The van der Waals surface area contributed by atoms with Crippen LogP contribution in [0.1, 0.15) is 42.1 Å². The minimum atomic E-state index is -0.852. The van der Waals surface area contributed by atoms with Crippen LogP contribution < -0.4 is 0 Å². The Morgan fingerprint density at radius 1 is 1.45 bits per heavy atom. The van der Waals surface area contributed by atoms with E-state index in [4.69, 9.17) is 5.11 Å². The van der Waals surface area contributed by atoms with Gasteiger partial charge in [0.15, 0.2) is 0 Å². The van der Waals surface area contributed by atoms with Gasteiger partial charge in [-0.1, -0.05) is 19.1 Å². The molecule has 110 valence electrons. The topological polar surface area (TPSA) is 40.5 Å². The summed E-state index contributed by atoms with van der Waals surface area (Å²) in [5.41, 5.74) is 1.46. The van der Waals surface area contributed by atoms with Gasteiger partial charge in [0, 0.05) is 17.8 Å². The number of nitrogens with zero attached hydrogens (tertiary/aromatic N) is 1. The van der Waals surface area contributed by atoms with E-state index in [0.29, 0.717) is 11.6 Å². The molecule has 0 bridgehead atoms. The number of carboxylic acid groups (broad SMARTS) is 1. The number of carboxylic acids is 1. The highest BCUT2D eigenvalue weighted by Crippen LogP contribution is 2.32. The van der Waals surface area contributed by atoms with Crippen LogP contribution in [-0.2, 0) is 6.54 Å². The smallest absolute Gasteiger partial charge is 0.335 e. The lowest BCUT2D eigenvalue weighted by atomic mass is 10.1. The van der Waals surface area contributed by atoms with Gasteiger partial charge in [-0.25, -0.2) is 4.79 Å². The number of thioether (sulfide) groups is 1. The van der Waals surface area contributed by atoms with Crippen LogP contribution >= 0.6 is 11.8 Å². The van der Waals surface area contributed by atoms with Crippen molar-refractivity contribution in [3.63, 3.8) is 0 Å². The molecule has 0 aliphatic heterocycles. The zero-order valence-corrected chi connectivity index (χ0v) is 13.0. The average Bonchev–Trinajstić information content (AvgIpc) is 2.88. The van der Waals surface area contributed by atoms with Crippen LogP contribution in [0.5, 0.6) is 0 Å². The van der Waals surface area contributed by atoms with Crippen molar-refractivity contribution in [1.82, 2.24) is 4.90 Å². The average molecular weight is 293 g/mol. The van der Waals surface area contributed by atoms with Gasteiger partial charge >= 0.3 is 5.97 Å². The summed E-state index contributed by atoms with van der Waals surface area (Å²) < 4.78 is 0. The zero-order chi connectivity index (χ0) is 14.5. The summed E-state index contributed by atoms with van der Waals surface area (Å²) in [5.74, 6) is 0.344. The SMILES string of the molecule is CCSC1CCC(N(C)Cc2cccc(C(=O)O)c2)C1. The molecule has 0 heterocycles. The molecular weight excluding hydrogens is 270 g/mol. The second-order valence-electron chi connectivity index (χ2n) is 5.46. The lowest BCUT2D eigenvalue weighted by Gasteiger charge is -2.24. The molecular formula is C16H23NO2S. The molecule has 1 saturated carbocycles. The molecule has 1 fully saturated rings. The van der Waals surface area contributed by atoms with Crippen molar-refractivity contribution in [3.8, 4) is 0 Å². The molecule has 0 amide bonds. The van der Waals surface area contributed by atoms with Crippen molar-refractivity contribution < 1.29 is 9.90 Å². The molecule has 0 saturated heterocycles. The standard InChI is InChI=1S/C16H23NO2S/c1-3-20-15-8-7-14(10-15)17(2)11-12-5-4-6-13(9-12)16(18)19/h4-6,9,14-15H,3,7-8,10-11H2,1-2H3,(H,18,19). The maximum Gasteiger partial charge on any atom is 0.335 e. The van der Waals surface area contributed by atoms with Gasteiger partial charge in [0.25, 0.3) is 0 Å². The Morgan fingerprint density at radius 2 is 2.25 bits per heavy atom. The third-order valence-corrected chi connectivity index (χ3v) is 5.22. The van der Waals surface area contributed by atoms with E-state index >= 15 is 0 Å². The van der Waals surface area contributed by atoms with Crippen molar-refractivity contribution in [1.29, 1.82) is 0 Å². The Morgan fingerprint density at radius 3 is 2.95 bits per heavy atom. The lowest BCUT2D eigenvalue weighted by molar-refractivity contribution is 0.0696. The zero-order valence-electron chi connectivity index (χ0n) is 12.2. The Hall–Kier alpha value is -1.00. The fourth-order valence-electron chi connectivity index (χ4n) is 2.92. The molecule has 1 aliphatic rings. The molecule has 4 heteroatoms. The first-order chi connectivity index (χ1) is 9.60. The number of aromatic carboxylic acids is 1. The van der Waals surface area contributed by atoms with E-state index in [0.717, 1.165) is 17.4 Å². The largest absolute Gasteiger partial charge is 0.478 e. The van der Waals surface area contributed by atoms with Crippen LogP contribution in [0, 0.1) is 0 Å². The molecule has 2 rings (SSSR count). The summed E-state index contributed by atoms with van der Waals surface area (Å²) in [6.07, 6.45) is 3.82. The molecule has 0 aromatic heterocycles. The summed E-state index contributed by atoms with van der Waals surface area (Å²) in [4.78, 5) is 13.4. The molecule has 0 spiro atoms. The van der Waals surface area contributed by atoms with Gasteiger partial charge in [0.2, 0.25) is 0 Å². The number of benzene rings is 1. The van der Waals surface area contributed by atoms with Crippen LogP contribution in [0.2, 0.25) is 0 Å². The molecule has 1 aliphatic carbocycles. The highest BCUT2D eigenvalue weighted by atomic mass is 32.2. The van der Waals surface area contributed by atoms with E-state index < -0.39 is 5.97 Å². The van der Waals surface area contributed by atoms with E-state index in [1.54, 1.807) is 12.1 Å². The van der Waals surface area contributed by atoms with Crippen molar-refractivity contribution in [2.24, 2.45) is 0 Å². The number of carbonyl (C=O) groups is 1. The van der Waals surface area contributed by atoms with E-state index in [1.165, 1.54) is 25.0 Å². The van der Waals surface area contributed by atoms with E-state index in [-0.39, 0.29) is 0 Å². The predicted molar refractivity (Wildman–Crippen MR) is 84.4 cm³/mol. The maximum absolute atomic E-state index is 11.0. The monoisotopic (exact) mass is 293 g/mol. The first-order valence-electron chi connectivity index (χ1n) is 7.24. The quantitative estimate of drug-likeness (QED) is 0.871. The van der Waals surface area contributed by atoms with Crippen LogP contribution in [-0.4, -0.2) is 40.1 Å². The molecule has 3 nitrogen and oxygen atoms in total. The highest BCUT2D eigenvalue weighted by molar-refractivity contribution is 7.99. The van der Waals surface area contributed by atoms with Crippen LogP contribution in [0.4, 0.5) is 0 Å². The molecule has 2 atom stereocenters. The summed E-state index contributed by atoms with van der Waals surface area (Å²) in [5, 5.41) is 9.84. The minimum absolute atomic E-state index is 0.377. The van der Waals surface area contributed by atoms with Gasteiger partial charge in [0.1, 0.15) is 0 Å². The van der Waals surface area contributed by atoms with E-state index in [9.17, 15) is 4.79 Å². The molecule has 1 aromatic rings. The Bertz CT molecular complexity index is 464. The molecule has 0 radical (unpaired) electrons. The third kappa shape index (κ3) is 4.00. The van der Waals surface area contributed by atoms with Crippen LogP contribution in [0.3, 0.4) is 0 Å². The van der Waals surface area contributed by atoms with Gasteiger partial charge < -0.3 is 5.11 Å². The second kappa shape index (κ2) is 7.14. The van der Waals surface area contributed by atoms with Crippen molar-refractivity contribution in [3.05, 3.63) is 35.4 Å². The summed E-state index contributed by atoms with van der Waals surface area (Å²) in [6, 6.07) is 7.90. The van der Waals surface area contributed by atoms with Crippen molar-refractivity contribution in [2.45, 2.75) is 44.0 Å². The van der Waals surface area contributed by atoms with Gasteiger partial charge in [0.05, 0.1) is 5.56 Å². The summed E-state index contributed by atoms with van der Waals surface area (Å²) in [7, 11) is 2.15. The molecule has 1 aromatic carbocycles. The van der Waals surface area contributed by atoms with Gasteiger partial charge in [-0.3, -0.25) is 4.90 Å². The van der Waals surface area contributed by atoms with Crippen molar-refractivity contribution in [2.75, 3.05) is 12.8 Å². The minimum Gasteiger partial charge on any atom is -0.478 e. The molecule has 20 heavy (non-hydrogen) atoms. The maximum atomic E-state index is 11.0. The molecule has 2 unspecified atom stereocenters. The summed E-state index contributed by atoms with van der Waals surface area (Å²) >= 11 is 2.07. The van der Waals surface area contributed by atoms with E-state index in [1.807, 2.05) is 12.1 Å². The van der Waals surface area contributed by atoms with Crippen molar-refractivity contribution >= 4 is 17.7 Å². The number of hydrogen-bond donors (Lipinski definition) is 1. The van der Waals surface area contributed by atoms with Gasteiger partial charge in [-0.2, -0.15) is 11.8 Å². The third-order valence-electron chi connectivity index (χ3n) is 3.99. The first kappa shape index (κ1) is 15.4. The summed E-state index contributed by atoms with van der Waals surface area (Å²) in [6.45, 7) is 3.05.